The Kier molecular flexibility index (Phi) is 4.27. The van der Waals surface area contributed by atoms with Crippen LogP contribution in [-0.2, 0) is 0 Å². The second-order valence-electron chi connectivity index (χ2n) is 12.9. The number of hydrogen-bond acceptors (Lipinski definition) is 1. The quantitative estimate of drug-likeness (QED) is 0.175. The first-order valence-electron chi connectivity index (χ1n) is 16.2. The number of benzene rings is 7. The summed E-state index contributed by atoms with van der Waals surface area (Å²) in [6.45, 7) is 0.0127. The molecule has 0 aliphatic carbocycles. The van der Waals surface area contributed by atoms with Crippen molar-refractivity contribution in [1.29, 1.82) is 0 Å². The van der Waals surface area contributed by atoms with Crippen LogP contribution in [0.15, 0.2) is 146 Å². The Morgan fingerprint density at radius 1 is 0.489 bits per heavy atom. The molecular formula is C42H24BN3O. The van der Waals surface area contributed by atoms with E-state index < -0.39 is 0 Å². The van der Waals surface area contributed by atoms with Gasteiger partial charge in [0.2, 0.25) is 0 Å². The van der Waals surface area contributed by atoms with E-state index in [1.807, 2.05) is 0 Å². The first-order chi connectivity index (χ1) is 23.3. The number of fused-ring (bicyclic) bond motifs is 15. The van der Waals surface area contributed by atoms with Crippen molar-refractivity contribution >= 4 is 83.3 Å². The first-order valence-corrected chi connectivity index (χ1v) is 16.2. The molecular weight excluding hydrogens is 573 g/mol. The van der Waals surface area contributed by atoms with E-state index in [4.69, 9.17) is 4.74 Å². The van der Waals surface area contributed by atoms with Crippen LogP contribution < -0.4 is 21.1 Å². The van der Waals surface area contributed by atoms with E-state index in [-0.39, 0.29) is 6.71 Å². The molecule has 47 heavy (non-hydrogen) atoms. The largest absolute Gasteiger partial charge is 0.458 e. The molecule has 5 heterocycles. The van der Waals surface area contributed by atoms with Gasteiger partial charge in [-0.3, -0.25) is 8.97 Å². The number of rotatable bonds is 1. The average molecular weight is 597 g/mol. The maximum absolute atomic E-state index is 7.12. The van der Waals surface area contributed by atoms with Gasteiger partial charge < -0.3 is 9.30 Å². The van der Waals surface area contributed by atoms with Gasteiger partial charge >= 0.3 is 0 Å². The third-order valence-electron chi connectivity index (χ3n) is 10.6. The lowest BCUT2D eigenvalue weighted by Gasteiger charge is -2.32. The van der Waals surface area contributed by atoms with Crippen LogP contribution in [-0.4, -0.2) is 20.2 Å². The van der Waals surface area contributed by atoms with E-state index in [2.05, 4.69) is 159 Å². The fraction of sp³-hybridized carbons (Fsp3) is 0. The molecule has 0 radical (unpaired) electrons. The number of para-hydroxylation sites is 4. The second-order valence-corrected chi connectivity index (χ2v) is 12.9. The molecule has 0 fully saturated rings. The van der Waals surface area contributed by atoms with Crippen molar-refractivity contribution in [1.82, 2.24) is 13.5 Å². The molecule has 5 heteroatoms. The summed E-state index contributed by atoms with van der Waals surface area (Å²) in [7, 11) is 0. The zero-order valence-electron chi connectivity index (χ0n) is 25.2. The number of ether oxygens (including phenoxy) is 1. The molecule has 7 aromatic carbocycles. The van der Waals surface area contributed by atoms with E-state index in [1.165, 1.54) is 71.3 Å². The molecule has 0 spiro atoms. The van der Waals surface area contributed by atoms with Gasteiger partial charge in [0, 0.05) is 16.8 Å². The van der Waals surface area contributed by atoms with Crippen LogP contribution in [0.5, 0.6) is 11.5 Å². The van der Waals surface area contributed by atoms with Crippen LogP contribution >= 0.6 is 0 Å². The van der Waals surface area contributed by atoms with Gasteiger partial charge in [0.05, 0.1) is 33.0 Å². The molecule has 10 aromatic rings. The third kappa shape index (κ3) is 2.83. The highest BCUT2D eigenvalue weighted by molar-refractivity contribution is 7.00. The van der Waals surface area contributed by atoms with E-state index in [0.29, 0.717) is 0 Å². The van der Waals surface area contributed by atoms with Gasteiger partial charge in [-0.15, -0.1) is 0 Å². The zero-order chi connectivity index (χ0) is 30.4. The van der Waals surface area contributed by atoms with Gasteiger partial charge in [-0.1, -0.05) is 84.9 Å². The number of imidazole rings is 1. The van der Waals surface area contributed by atoms with Crippen LogP contribution in [0.1, 0.15) is 0 Å². The van der Waals surface area contributed by atoms with Crippen LogP contribution in [0.3, 0.4) is 0 Å². The number of nitrogens with zero attached hydrogens (tertiary/aromatic N) is 3. The maximum Gasteiger partial charge on any atom is 0.259 e. The van der Waals surface area contributed by atoms with Crippen molar-refractivity contribution in [3.05, 3.63) is 146 Å². The lowest BCUT2D eigenvalue weighted by atomic mass is 9.34. The van der Waals surface area contributed by atoms with E-state index >= 15 is 0 Å². The predicted octanol–water partition coefficient (Wildman–Crippen LogP) is 8.22. The van der Waals surface area contributed by atoms with Crippen LogP contribution in [0.2, 0.25) is 0 Å². The minimum atomic E-state index is 0.0127. The smallest absolute Gasteiger partial charge is 0.259 e. The summed E-state index contributed by atoms with van der Waals surface area (Å²) < 4.78 is 14.5. The van der Waals surface area contributed by atoms with Gasteiger partial charge in [0.1, 0.15) is 17.1 Å². The summed E-state index contributed by atoms with van der Waals surface area (Å²) in [4.78, 5) is 0. The molecule has 2 aliphatic rings. The molecule has 0 atom stereocenters. The minimum Gasteiger partial charge on any atom is -0.458 e. The minimum absolute atomic E-state index is 0.0127. The Hall–Kier alpha value is -6.20. The molecule has 2 aliphatic heterocycles. The van der Waals surface area contributed by atoms with Crippen LogP contribution in [0, 0.1) is 0 Å². The molecule has 0 saturated heterocycles. The van der Waals surface area contributed by atoms with Crippen molar-refractivity contribution in [3.8, 4) is 22.9 Å². The maximum atomic E-state index is 7.12. The summed E-state index contributed by atoms with van der Waals surface area (Å²) in [5.74, 6) is 1.89. The van der Waals surface area contributed by atoms with E-state index in [1.54, 1.807) is 0 Å². The number of aromatic nitrogens is 3. The SMILES string of the molecule is c1ccc(-n2c3ccccc3c3c4c(ccc32)B2c3c(cccc3-n3c5ccccc5n5c6cc7ccccc7cc6c2c35)O4)cc1. The molecule has 0 bridgehead atoms. The normalized spacial score (nSPS) is 13.2. The number of hydrogen-bond donors (Lipinski definition) is 0. The average Bonchev–Trinajstić information content (AvgIpc) is 3.76. The topological polar surface area (TPSA) is 23.5 Å². The van der Waals surface area contributed by atoms with E-state index in [9.17, 15) is 0 Å². The van der Waals surface area contributed by atoms with Crippen molar-refractivity contribution in [2.75, 3.05) is 0 Å². The van der Waals surface area contributed by atoms with Crippen molar-refractivity contribution in [3.63, 3.8) is 0 Å². The Morgan fingerprint density at radius 2 is 1.23 bits per heavy atom. The predicted molar refractivity (Wildman–Crippen MR) is 195 cm³/mol. The fourth-order valence-corrected chi connectivity index (χ4v) is 8.84. The van der Waals surface area contributed by atoms with Gasteiger partial charge in [-0.05, 0) is 93.2 Å². The van der Waals surface area contributed by atoms with Gasteiger partial charge in [-0.25, -0.2) is 0 Å². The lowest BCUT2D eigenvalue weighted by molar-refractivity contribution is 0.493. The highest BCUT2D eigenvalue weighted by Crippen LogP contribution is 2.43. The molecule has 0 saturated carbocycles. The lowest BCUT2D eigenvalue weighted by Crippen LogP contribution is -2.58. The highest BCUT2D eigenvalue weighted by atomic mass is 16.5. The summed E-state index contributed by atoms with van der Waals surface area (Å²) in [5.41, 5.74) is 13.4. The fourth-order valence-electron chi connectivity index (χ4n) is 8.84. The Balaban J connectivity index is 1.28. The molecule has 4 nitrogen and oxygen atoms in total. The van der Waals surface area contributed by atoms with Crippen molar-refractivity contribution < 1.29 is 4.74 Å². The molecule has 0 N–H and O–H groups in total. The van der Waals surface area contributed by atoms with Crippen LogP contribution in [0.25, 0.3) is 71.5 Å². The van der Waals surface area contributed by atoms with Gasteiger partial charge in [-0.2, -0.15) is 0 Å². The first kappa shape index (κ1) is 24.1. The van der Waals surface area contributed by atoms with E-state index in [0.717, 1.165) is 28.1 Å². The Bertz CT molecular complexity index is 3000. The van der Waals surface area contributed by atoms with Gasteiger partial charge in [0.15, 0.2) is 0 Å². The van der Waals surface area contributed by atoms with Gasteiger partial charge in [0.25, 0.3) is 6.71 Å². The molecule has 216 valence electrons. The Labute approximate surface area is 269 Å². The molecule has 3 aromatic heterocycles. The standard InChI is InChI=1S/C42H24BN3O/c1-2-13-27(14-3-1)44-31-16-7-6-15-28(31)38-34(44)22-21-30-41(38)47-37-20-10-19-35-40(37)43(30)39-29-23-25-11-4-5-12-26(25)24-36(29)46-33-18-9-8-17-32(33)45(35)42(39)46/h1-24H. The summed E-state index contributed by atoms with van der Waals surface area (Å²) in [6, 6.07) is 52.9. The Morgan fingerprint density at radius 3 is 2.11 bits per heavy atom. The summed E-state index contributed by atoms with van der Waals surface area (Å²) in [6.07, 6.45) is 0. The zero-order valence-corrected chi connectivity index (χ0v) is 25.2. The van der Waals surface area contributed by atoms with Crippen molar-refractivity contribution in [2.24, 2.45) is 0 Å². The third-order valence-corrected chi connectivity index (χ3v) is 10.6. The molecule has 0 amide bonds. The second kappa shape index (κ2) is 8.33. The summed E-state index contributed by atoms with van der Waals surface area (Å²) in [5, 5.41) is 6.17. The van der Waals surface area contributed by atoms with Crippen molar-refractivity contribution in [2.45, 2.75) is 0 Å². The molecule has 12 rings (SSSR count). The summed E-state index contributed by atoms with van der Waals surface area (Å²) >= 11 is 0. The monoisotopic (exact) mass is 597 g/mol. The van der Waals surface area contributed by atoms with Crippen LogP contribution in [0.4, 0.5) is 0 Å². The highest BCUT2D eigenvalue weighted by Gasteiger charge is 2.43. The molecule has 0 unspecified atom stereocenters.